The summed E-state index contributed by atoms with van der Waals surface area (Å²) in [5.41, 5.74) is 2.43. The first-order valence-corrected chi connectivity index (χ1v) is 9.76. The van der Waals surface area contributed by atoms with Crippen molar-refractivity contribution in [1.29, 1.82) is 0 Å². The number of aryl methyl sites for hydroxylation is 1. The van der Waals surface area contributed by atoms with E-state index in [2.05, 4.69) is 41.4 Å². The number of rotatable bonds is 8. The number of carbonyl (C=O) groups is 1. The van der Waals surface area contributed by atoms with E-state index in [0.717, 1.165) is 12.0 Å². The third-order valence-electron chi connectivity index (χ3n) is 3.31. The molecule has 0 fully saturated rings. The molecule has 1 heterocycles. The standard InChI is InChI=1S/C16H21N3O2S2/c1-4-12-5-7-13(8-6-12)9-19(2)15(20)11-23-16-18-17-14(21-16)10-22-3/h5-8H,4,9-11H2,1-3H3. The molecule has 124 valence electrons. The zero-order valence-corrected chi connectivity index (χ0v) is 15.2. The van der Waals surface area contributed by atoms with Gasteiger partial charge in [-0.1, -0.05) is 43.0 Å². The number of benzene rings is 1. The molecule has 0 radical (unpaired) electrons. The fraction of sp³-hybridized carbons (Fsp3) is 0.438. The number of aromatic nitrogens is 2. The summed E-state index contributed by atoms with van der Waals surface area (Å²) >= 11 is 2.90. The second kappa shape index (κ2) is 8.98. The first-order chi connectivity index (χ1) is 11.1. The molecule has 0 saturated carbocycles. The average molecular weight is 351 g/mol. The number of thioether (sulfide) groups is 2. The Balaban J connectivity index is 1.81. The van der Waals surface area contributed by atoms with E-state index in [0.29, 0.717) is 29.2 Å². The van der Waals surface area contributed by atoms with E-state index in [9.17, 15) is 4.79 Å². The molecule has 5 nitrogen and oxygen atoms in total. The van der Waals surface area contributed by atoms with Gasteiger partial charge in [0.25, 0.3) is 5.22 Å². The minimum Gasteiger partial charge on any atom is -0.415 e. The molecule has 0 spiro atoms. The zero-order chi connectivity index (χ0) is 16.7. The zero-order valence-electron chi connectivity index (χ0n) is 13.6. The number of hydrogen-bond acceptors (Lipinski definition) is 6. The van der Waals surface area contributed by atoms with Gasteiger partial charge in [0.1, 0.15) is 0 Å². The molecule has 7 heteroatoms. The highest BCUT2D eigenvalue weighted by Gasteiger charge is 2.13. The quantitative estimate of drug-likeness (QED) is 0.681. The van der Waals surface area contributed by atoms with E-state index < -0.39 is 0 Å². The lowest BCUT2D eigenvalue weighted by Gasteiger charge is -2.16. The minimum atomic E-state index is 0.0409. The van der Waals surface area contributed by atoms with Crippen LogP contribution in [0.2, 0.25) is 0 Å². The maximum atomic E-state index is 12.2. The molecule has 1 aromatic heterocycles. The molecule has 1 amide bonds. The summed E-state index contributed by atoms with van der Waals surface area (Å²) in [4.78, 5) is 13.9. The van der Waals surface area contributed by atoms with Gasteiger partial charge in [-0.05, 0) is 23.8 Å². The van der Waals surface area contributed by atoms with Gasteiger partial charge in [0.2, 0.25) is 11.8 Å². The summed E-state index contributed by atoms with van der Waals surface area (Å²) < 4.78 is 5.45. The lowest BCUT2D eigenvalue weighted by Crippen LogP contribution is -2.27. The van der Waals surface area contributed by atoms with Gasteiger partial charge in [0.15, 0.2) is 0 Å². The highest BCUT2D eigenvalue weighted by Crippen LogP contribution is 2.18. The summed E-state index contributed by atoms with van der Waals surface area (Å²) in [7, 11) is 1.81. The Bertz CT molecular complexity index is 629. The van der Waals surface area contributed by atoms with Crippen molar-refractivity contribution in [3.05, 3.63) is 41.3 Å². The minimum absolute atomic E-state index is 0.0409. The molecule has 0 aliphatic heterocycles. The summed E-state index contributed by atoms with van der Waals surface area (Å²) in [6.45, 7) is 2.73. The number of carbonyl (C=O) groups excluding carboxylic acids is 1. The van der Waals surface area contributed by atoms with Crippen molar-refractivity contribution in [2.45, 2.75) is 30.9 Å². The Morgan fingerprint density at radius 2 is 1.91 bits per heavy atom. The van der Waals surface area contributed by atoms with Crippen molar-refractivity contribution in [2.24, 2.45) is 0 Å². The summed E-state index contributed by atoms with van der Waals surface area (Å²) in [6.07, 6.45) is 3.00. The molecular weight excluding hydrogens is 330 g/mol. The molecule has 0 bridgehead atoms. The van der Waals surface area contributed by atoms with Crippen molar-refractivity contribution in [1.82, 2.24) is 15.1 Å². The number of hydrogen-bond donors (Lipinski definition) is 0. The highest BCUT2D eigenvalue weighted by molar-refractivity contribution is 7.99. The van der Waals surface area contributed by atoms with E-state index in [-0.39, 0.29) is 5.91 Å². The third kappa shape index (κ3) is 5.58. The van der Waals surface area contributed by atoms with Crippen LogP contribution in [0, 0.1) is 0 Å². The lowest BCUT2D eigenvalue weighted by atomic mass is 10.1. The number of nitrogens with zero attached hydrogens (tertiary/aromatic N) is 3. The van der Waals surface area contributed by atoms with E-state index in [1.54, 1.807) is 16.7 Å². The van der Waals surface area contributed by atoms with Gasteiger partial charge < -0.3 is 9.32 Å². The monoisotopic (exact) mass is 351 g/mol. The van der Waals surface area contributed by atoms with Gasteiger partial charge in [0, 0.05) is 13.6 Å². The SMILES string of the molecule is CCc1ccc(CN(C)C(=O)CSc2nnc(CSC)o2)cc1. The predicted molar refractivity (Wildman–Crippen MR) is 94.5 cm³/mol. The first kappa shape index (κ1) is 17.9. The molecule has 0 aliphatic carbocycles. The van der Waals surface area contributed by atoms with Gasteiger partial charge in [0.05, 0.1) is 11.5 Å². The van der Waals surface area contributed by atoms with Gasteiger partial charge in [-0.15, -0.1) is 10.2 Å². The van der Waals surface area contributed by atoms with Crippen LogP contribution >= 0.6 is 23.5 Å². The molecule has 1 aromatic carbocycles. The Morgan fingerprint density at radius 3 is 2.57 bits per heavy atom. The maximum Gasteiger partial charge on any atom is 0.277 e. The molecule has 2 aromatic rings. The topological polar surface area (TPSA) is 59.2 Å². The largest absolute Gasteiger partial charge is 0.415 e. The predicted octanol–water partition coefficient (Wildman–Crippen LogP) is 3.25. The molecule has 0 aliphatic rings. The van der Waals surface area contributed by atoms with Crippen LogP contribution in [0.15, 0.2) is 33.9 Å². The van der Waals surface area contributed by atoms with Crippen LogP contribution < -0.4 is 0 Å². The van der Waals surface area contributed by atoms with E-state index in [1.165, 1.54) is 17.3 Å². The fourth-order valence-electron chi connectivity index (χ4n) is 1.95. The normalized spacial score (nSPS) is 10.7. The van der Waals surface area contributed by atoms with Crippen LogP contribution in [0.1, 0.15) is 23.9 Å². The van der Waals surface area contributed by atoms with Gasteiger partial charge in [-0.2, -0.15) is 11.8 Å². The van der Waals surface area contributed by atoms with Gasteiger partial charge in [-0.3, -0.25) is 4.79 Å². The van der Waals surface area contributed by atoms with Crippen LogP contribution in [-0.2, 0) is 23.5 Å². The van der Waals surface area contributed by atoms with Crippen molar-refractivity contribution in [3.8, 4) is 0 Å². The van der Waals surface area contributed by atoms with Crippen molar-refractivity contribution in [2.75, 3.05) is 19.1 Å². The second-order valence-corrected chi connectivity index (χ2v) is 6.90. The highest BCUT2D eigenvalue weighted by atomic mass is 32.2. The van der Waals surface area contributed by atoms with Crippen LogP contribution in [-0.4, -0.2) is 40.1 Å². The molecule has 23 heavy (non-hydrogen) atoms. The Kier molecular flexibility index (Phi) is 6.98. The van der Waals surface area contributed by atoms with Gasteiger partial charge in [-0.25, -0.2) is 0 Å². The molecule has 0 N–H and O–H groups in total. The number of amides is 1. The van der Waals surface area contributed by atoms with Crippen LogP contribution in [0.3, 0.4) is 0 Å². The Hall–Kier alpha value is -1.47. The van der Waals surface area contributed by atoms with Gasteiger partial charge >= 0.3 is 0 Å². The summed E-state index contributed by atoms with van der Waals surface area (Å²) in [5, 5.41) is 8.31. The van der Waals surface area contributed by atoms with E-state index in [4.69, 9.17) is 4.42 Å². The molecule has 2 rings (SSSR count). The van der Waals surface area contributed by atoms with Crippen LogP contribution in [0.5, 0.6) is 0 Å². The van der Waals surface area contributed by atoms with Crippen molar-refractivity contribution >= 4 is 29.4 Å². The van der Waals surface area contributed by atoms with Crippen molar-refractivity contribution in [3.63, 3.8) is 0 Å². The average Bonchev–Trinajstić information content (AvgIpc) is 3.01. The summed E-state index contributed by atoms with van der Waals surface area (Å²) in [6, 6.07) is 8.35. The molecule has 0 unspecified atom stereocenters. The van der Waals surface area contributed by atoms with E-state index >= 15 is 0 Å². The first-order valence-electron chi connectivity index (χ1n) is 7.38. The Labute approximate surface area is 145 Å². The Morgan fingerprint density at radius 1 is 1.22 bits per heavy atom. The summed E-state index contributed by atoms with van der Waals surface area (Å²) in [5.74, 6) is 1.62. The lowest BCUT2D eigenvalue weighted by molar-refractivity contribution is -0.127. The van der Waals surface area contributed by atoms with Crippen LogP contribution in [0.4, 0.5) is 0 Å². The molecular formula is C16H21N3O2S2. The van der Waals surface area contributed by atoms with Crippen LogP contribution in [0.25, 0.3) is 0 Å². The van der Waals surface area contributed by atoms with E-state index in [1.807, 2.05) is 13.3 Å². The smallest absolute Gasteiger partial charge is 0.277 e. The fourth-order valence-corrected chi connectivity index (χ4v) is 3.04. The molecule has 0 saturated heterocycles. The van der Waals surface area contributed by atoms with Crippen molar-refractivity contribution < 1.29 is 9.21 Å². The second-order valence-electron chi connectivity index (χ2n) is 5.10. The molecule has 0 atom stereocenters. The third-order valence-corrected chi connectivity index (χ3v) is 4.65. The maximum absolute atomic E-state index is 12.2.